The summed E-state index contributed by atoms with van der Waals surface area (Å²) in [5.74, 6) is -0.167. The number of ether oxygens (including phenoxy) is 3. The molecule has 2 saturated heterocycles. The Hall–Kier alpha value is -2.52. The van der Waals surface area contributed by atoms with Crippen LogP contribution in [0.15, 0.2) is 27.8 Å². The normalized spacial score (nSPS) is 23.6. The summed E-state index contributed by atoms with van der Waals surface area (Å²) in [5.41, 5.74) is 3.34. The molecular weight excluding hydrogens is 494 g/mol. The van der Waals surface area contributed by atoms with Crippen LogP contribution >= 0.6 is 15.9 Å². The van der Waals surface area contributed by atoms with E-state index in [0.29, 0.717) is 57.0 Å². The number of hydrogen-bond acceptors (Lipinski definition) is 8. The van der Waals surface area contributed by atoms with E-state index >= 15 is 0 Å². The van der Waals surface area contributed by atoms with Gasteiger partial charge in [-0.3, -0.25) is 4.79 Å². The van der Waals surface area contributed by atoms with Crippen LogP contribution in [0.4, 0.5) is 4.79 Å². The summed E-state index contributed by atoms with van der Waals surface area (Å²) in [4.78, 5) is 26.7. The lowest BCUT2D eigenvalue weighted by molar-refractivity contribution is -0.148. The summed E-state index contributed by atoms with van der Waals surface area (Å²) in [5, 5.41) is 16.6. The summed E-state index contributed by atoms with van der Waals surface area (Å²) >= 11 is 3.53. The predicted molar refractivity (Wildman–Crippen MR) is 122 cm³/mol. The number of amides is 2. The number of carbonyl (C=O) groups is 2. The second-order valence-electron chi connectivity index (χ2n) is 8.41. The minimum absolute atomic E-state index is 0.0813. The van der Waals surface area contributed by atoms with Crippen molar-refractivity contribution >= 4 is 33.6 Å². The van der Waals surface area contributed by atoms with Gasteiger partial charge < -0.3 is 24.4 Å². The molecule has 3 aliphatic rings. The third kappa shape index (κ3) is 5.35. The molecule has 3 aliphatic heterocycles. The van der Waals surface area contributed by atoms with Crippen molar-refractivity contribution in [3.05, 3.63) is 33.8 Å². The molecule has 2 N–H and O–H groups in total. The number of rotatable bonds is 5. The highest BCUT2D eigenvalue weighted by Crippen LogP contribution is 2.35. The Bertz CT molecular complexity index is 980. The molecule has 0 bridgehead atoms. The van der Waals surface area contributed by atoms with Crippen LogP contribution in [0, 0.1) is 11.3 Å². The van der Waals surface area contributed by atoms with Crippen LogP contribution in [-0.2, 0) is 19.0 Å². The standard InChI is InChI=1S/C22H26BrN5O5/c1-14(25-20(29)18-13-31-8-9-32-18)12-28-6-4-22(5-7-28)19(26-27-21(30)33-22)16-10-15(11-24)2-3-17(16)23/h2-3,10,14,18H,4-9,12-13H2,1H3,(H,25,29)(H,27,30)/t14-,18?/m0/s1. The largest absolute Gasteiger partial charge is 0.435 e. The molecule has 10 nitrogen and oxygen atoms in total. The molecule has 176 valence electrons. The van der Waals surface area contributed by atoms with E-state index in [0.717, 1.165) is 10.0 Å². The fourth-order valence-electron chi connectivity index (χ4n) is 4.38. The first-order chi connectivity index (χ1) is 15.9. The van der Waals surface area contributed by atoms with E-state index in [-0.39, 0.29) is 18.6 Å². The van der Waals surface area contributed by atoms with Crippen molar-refractivity contribution in [2.24, 2.45) is 5.10 Å². The number of nitrogens with one attached hydrogen (secondary N) is 2. The van der Waals surface area contributed by atoms with E-state index in [1.807, 2.05) is 6.92 Å². The van der Waals surface area contributed by atoms with Gasteiger partial charge >= 0.3 is 6.09 Å². The second kappa shape index (κ2) is 10.2. The third-order valence-electron chi connectivity index (χ3n) is 6.02. The molecule has 1 spiro atoms. The molecule has 1 unspecified atom stereocenters. The molecule has 0 aliphatic carbocycles. The summed E-state index contributed by atoms with van der Waals surface area (Å²) in [6.45, 7) is 5.13. The topological polar surface area (TPSA) is 125 Å². The van der Waals surface area contributed by atoms with Gasteiger partial charge in [0, 0.05) is 48.6 Å². The van der Waals surface area contributed by atoms with Gasteiger partial charge in [0.05, 0.1) is 31.5 Å². The molecule has 3 heterocycles. The van der Waals surface area contributed by atoms with Crippen LogP contribution in [0.1, 0.15) is 30.9 Å². The van der Waals surface area contributed by atoms with Gasteiger partial charge in [0.15, 0.2) is 11.7 Å². The van der Waals surface area contributed by atoms with Crippen molar-refractivity contribution in [3.63, 3.8) is 0 Å². The highest BCUT2D eigenvalue weighted by Gasteiger charge is 2.46. The van der Waals surface area contributed by atoms with Gasteiger partial charge in [-0.1, -0.05) is 15.9 Å². The lowest BCUT2D eigenvalue weighted by Crippen LogP contribution is -2.57. The fourth-order valence-corrected chi connectivity index (χ4v) is 4.81. The Morgan fingerprint density at radius 3 is 2.91 bits per heavy atom. The van der Waals surface area contributed by atoms with E-state index in [1.54, 1.807) is 18.2 Å². The Balaban J connectivity index is 1.41. The Morgan fingerprint density at radius 2 is 2.21 bits per heavy atom. The third-order valence-corrected chi connectivity index (χ3v) is 6.71. The average Bonchev–Trinajstić information content (AvgIpc) is 2.82. The molecule has 33 heavy (non-hydrogen) atoms. The maximum atomic E-state index is 12.4. The van der Waals surface area contributed by atoms with Crippen molar-refractivity contribution in [1.82, 2.24) is 15.6 Å². The Morgan fingerprint density at radius 1 is 1.42 bits per heavy atom. The van der Waals surface area contributed by atoms with Crippen molar-refractivity contribution in [2.45, 2.75) is 37.5 Å². The van der Waals surface area contributed by atoms with Gasteiger partial charge in [-0.05, 0) is 25.1 Å². The minimum Gasteiger partial charge on any atom is -0.435 e. The smallest absolute Gasteiger partial charge is 0.428 e. The first-order valence-corrected chi connectivity index (χ1v) is 11.7. The van der Waals surface area contributed by atoms with E-state index in [4.69, 9.17) is 14.2 Å². The van der Waals surface area contributed by atoms with Gasteiger partial charge in [0.2, 0.25) is 0 Å². The highest BCUT2D eigenvalue weighted by molar-refractivity contribution is 9.10. The highest BCUT2D eigenvalue weighted by atomic mass is 79.9. The molecular formula is C22H26BrN5O5. The summed E-state index contributed by atoms with van der Waals surface area (Å²) in [6, 6.07) is 7.31. The Kier molecular flexibility index (Phi) is 7.29. The SMILES string of the molecule is C[C@@H](CN1CCC2(CC1)OC(=O)NN=C2c1cc(C#N)ccc1Br)NC(=O)C1COCCO1. The zero-order chi connectivity index (χ0) is 23.4. The van der Waals surface area contributed by atoms with Crippen LogP contribution in [0.5, 0.6) is 0 Å². The van der Waals surface area contributed by atoms with Crippen molar-refractivity contribution < 1.29 is 23.8 Å². The van der Waals surface area contributed by atoms with Gasteiger partial charge in [0.25, 0.3) is 5.91 Å². The number of hydrazone groups is 1. The van der Waals surface area contributed by atoms with E-state index in [2.05, 4.69) is 42.7 Å². The number of nitriles is 1. The first-order valence-electron chi connectivity index (χ1n) is 10.9. The van der Waals surface area contributed by atoms with Gasteiger partial charge in [-0.2, -0.15) is 10.4 Å². The summed E-state index contributed by atoms with van der Waals surface area (Å²) in [6.07, 6.45) is -0.0673. The van der Waals surface area contributed by atoms with Crippen LogP contribution in [0.2, 0.25) is 0 Å². The van der Waals surface area contributed by atoms with Crippen LogP contribution in [0.3, 0.4) is 0 Å². The van der Waals surface area contributed by atoms with Gasteiger partial charge in [-0.25, -0.2) is 10.2 Å². The number of halogens is 1. The van der Waals surface area contributed by atoms with E-state index in [9.17, 15) is 14.9 Å². The second-order valence-corrected chi connectivity index (χ2v) is 9.26. The molecule has 0 saturated carbocycles. The zero-order valence-corrected chi connectivity index (χ0v) is 19.9. The molecule has 1 aromatic rings. The molecule has 0 radical (unpaired) electrons. The van der Waals surface area contributed by atoms with Crippen molar-refractivity contribution in [2.75, 3.05) is 39.5 Å². The molecule has 4 rings (SSSR count). The molecule has 0 aromatic heterocycles. The van der Waals surface area contributed by atoms with Crippen LogP contribution in [0.25, 0.3) is 0 Å². The van der Waals surface area contributed by atoms with E-state index < -0.39 is 17.8 Å². The number of carbonyl (C=O) groups excluding carboxylic acids is 2. The number of nitrogens with zero attached hydrogens (tertiary/aromatic N) is 3. The molecule has 1 aromatic carbocycles. The molecule has 11 heteroatoms. The zero-order valence-electron chi connectivity index (χ0n) is 18.3. The number of hydrogen-bond donors (Lipinski definition) is 2. The first kappa shape index (κ1) is 23.6. The predicted octanol–water partition coefficient (Wildman–Crippen LogP) is 1.52. The molecule has 2 atom stereocenters. The lowest BCUT2D eigenvalue weighted by Gasteiger charge is -2.43. The lowest BCUT2D eigenvalue weighted by atomic mass is 9.82. The number of likely N-dealkylation sites (tertiary alicyclic amines) is 1. The van der Waals surface area contributed by atoms with Crippen LogP contribution < -0.4 is 10.7 Å². The maximum Gasteiger partial charge on any atom is 0.428 e. The van der Waals surface area contributed by atoms with Gasteiger partial charge in [0.1, 0.15) is 5.71 Å². The van der Waals surface area contributed by atoms with E-state index in [1.165, 1.54) is 0 Å². The van der Waals surface area contributed by atoms with Gasteiger partial charge in [-0.15, -0.1) is 0 Å². The monoisotopic (exact) mass is 519 g/mol. The Labute approximate surface area is 200 Å². The summed E-state index contributed by atoms with van der Waals surface area (Å²) in [7, 11) is 0. The molecule has 2 amide bonds. The van der Waals surface area contributed by atoms with Crippen molar-refractivity contribution in [3.8, 4) is 6.07 Å². The fraction of sp³-hybridized carbons (Fsp3) is 0.545. The molecule has 2 fully saturated rings. The minimum atomic E-state index is -0.880. The number of benzene rings is 1. The summed E-state index contributed by atoms with van der Waals surface area (Å²) < 4.78 is 17.3. The van der Waals surface area contributed by atoms with Crippen molar-refractivity contribution in [1.29, 1.82) is 5.26 Å². The number of piperidine rings is 1. The van der Waals surface area contributed by atoms with Crippen LogP contribution in [-0.4, -0.2) is 79.8 Å². The maximum absolute atomic E-state index is 12.4. The average molecular weight is 520 g/mol. The quantitative estimate of drug-likeness (QED) is 0.603.